The minimum Gasteiger partial charge on any atom is -0.466 e. The molecule has 0 radical (unpaired) electrons. The highest BCUT2D eigenvalue weighted by Gasteiger charge is 2.24. The van der Waals surface area contributed by atoms with Crippen LogP contribution in [0.2, 0.25) is 0 Å². The molecule has 2 heterocycles. The summed E-state index contributed by atoms with van der Waals surface area (Å²) in [4.78, 5) is 36.4. The van der Waals surface area contributed by atoms with Crippen LogP contribution in [0.3, 0.4) is 0 Å². The summed E-state index contributed by atoms with van der Waals surface area (Å²) in [5.74, 6) is -0.534. The second-order valence-electron chi connectivity index (χ2n) is 7.55. The number of fused-ring (bicyclic) bond motifs is 2. The first-order valence-electron chi connectivity index (χ1n) is 10.7. The predicted molar refractivity (Wildman–Crippen MR) is 124 cm³/mol. The Balaban J connectivity index is 1.51. The SMILES string of the molecule is CCOC(=O)CCCNC(=O)Cn1cc(/C=C2/C(=O)Nc3ccccc32)c2ccccc21. The van der Waals surface area contributed by atoms with Crippen molar-refractivity contribution in [3.05, 3.63) is 65.9 Å². The monoisotopic (exact) mass is 431 g/mol. The Morgan fingerprint density at radius 1 is 1.12 bits per heavy atom. The standard InChI is InChI=1S/C25H25N3O4/c1-2-32-24(30)12-7-13-26-23(29)16-28-15-17(18-8-4-6-11-22(18)28)14-20-19-9-3-5-10-21(19)27-25(20)31/h3-6,8-11,14-15H,2,7,12-13,16H2,1H3,(H,26,29)(H,27,31)/b20-14+. The lowest BCUT2D eigenvalue weighted by molar-refractivity contribution is -0.143. The summed E-state index contributed by atoms with van der Waals surface area (Å²) < 4.78 is 6.77. The van der Waals surface area contributed by atoms with Crippen molar-refractivity contribution >= 4 is 46.0 Å². The second kappa shape index (κ2) is 9.51. The summed E-state index contributed by atoms with van der Waals surface area (Å²) in [6.07, 6.45) is 4.58. The van der Waals surface area contributed by atoms with Crippen molar-refractivity contribution in [1.29, 1.82) is 0 Å². The number of ether oxygens (including phenoxy) is 1. The maximum absolute atomic E-state index is 12.5. The van der Waals surface area contributed by atoms with Gasteiger partial charge in [-0.05, 0) is 31.6 Å². The van der Waals surface area contributed by atoms with E-state index in [1.807, 2.05) is 65.4 Å². The van der Waals surface area contributed by atoms with Crippen LogP contribution >= 0.6 is 0 Å². The average Bonchev–Trinajstić information content (AvgIpc) is 3.29. The van der Waals surface area contributed by atoms with Gasteiger partial charge in [-0.1, -0.05) is 36.4 Å². The number of rotatable bonds is 8. The fourth-order valence-electron chi connectivity index (χ4n) is 3.86. The number of nitrogens with zero attached hydrogens (tertiary/aromatic N) is 1. The fraction of sp³-hybridized carbons (Fsp3) is 0.240. The van der Waals surface area contributed by atoms with Gasteiger partial charge in [0.05, 0.1) is 6.61 Å². The Labute approximate surface area is 186 Å². The largest absolute Gasteiger partial charge is 0.466 e. The number of para-hydroxylation sites is 2. The zero-order valence-electron chi connectivity index (χ0n) is 17.9. The van der Waals surface area contributed by atoms with Gasteiger partial charge < -0.3 is 19.9 Å². The normalized spacial score (nSPS) is 13.8. The maximum Gasteiger partial charge on any atom is 0.305 e. The molecule has 7 nitrogen and oxygen atoms in total. The summed E-state index contributed by atoms with van der Waals surface area (Å²) in [5.41, 5.74) is 4.06. The third-order valence-electron chi connectivity index (χ3n) is 5.33. The predicted octanol–water partition coefficient (Wildman–Crippen LogP) is 3.59. The van der Waals surface area contributed by atoms with Crippen molar-refractivity contribution < 1.29 is 19.1 Å². The minimum absolute atomic E-state index is 0.137. The summed E-state index contributed by atoms with van der Waals surface area (Å²) in [7, 11) is 0. The van der Waals surface area contributed by atoms with E-state index in [1.54, 1.807) is 6.92 Å². The van der Waals surface area contributed by atoms with Crippen molar-refractivity contribution in [2.45, 2.75) is 26.3 Å². The Hall–Kier alpha value is -3.87. The minimum atomic E-state index is -0.256. The molecule has 0 saturated carbocycles. The molecule has 32 heavy (non-hydrogen) atoms. The number of hydrogen-bond acceptors (Lipinski definition) is 4. The molecule has 4 rings (SSSR count). The van der Waals surface area contributed by atoms with E-state index in [0.29, 0.717) is 25.1 Å². The molecule has 2 aromatic carbocycles. The second-order valence-corrected chi connectivity index (χ2v) is 7.55. The molecule has 7 heteroatoms. The van der Waals surface area contributed by atoms with Gasteiger partial charge in [-0.25, -0.2) is 0 Å². The van der Waals surface area contributed by atoms with E-state index >= 15 is 0 Å². The van der Waals surface area contributed by atoms with Crippen LogP contribution in [0.25, 0.3) is 22.6 Å². The number of carbonyl (C=O) groups excluding carboxylic acids is 3. The first-order valence-corrected chi connectivity index (χ1v) is 10.7. The van der Waals surface area contributed by atoms with Crippen LogP contribution in [0.5, 0.6) is 0 Å². The number of nitrogens with one attached hydrogen (secondary N) is 2. The van der Waals surface area contributed by atoms with Gasteiger partial charge in [0.1, 0.15) is 6.54 Å². The highest BCUT2D eigenvalue weighted by Crippen LogP contribution is 2.34. The third-order valence-corrected chi connectivity index (χ3v) is 5.33. The molecule has 0 atom stereocenters. The van der Waals surface area contributed by atoms with Crippen LogP contribution in [0, 0.1) is 0 Å². The van der Waals surface area contributed by atoms with Crippen molar-refractivity contribution in [3.8, 4) is 0 Å². The number of anilines is 1. The first-order chi connectivity index (χ1) is 15.6. The van der Waals surface area contributed by atoms with E-state index in [2.05, 4.69) is 10.6 Å². The lowest BCUT2D eigenvalue weighted by Gasteiger charge is -2.07. The lowest BCUT2D eigenvalue weighted by atomic mass is 10.0. The third kappa shape index (κ3) is 4.56. The number of carbonyl (C=O) groups is 3. The van der Waals surface area contributed by atoms with Crippen molar-refractivity contribution in [3.63, 3.8) is 0 Å². The first kappa shape index (κ1) is 21.4. The Morgan fingerprint density at radius 3 is 2.75 bits per heavy atom. The van der Waals surface area contributed by atoms with Gasteiger partial charge >= 0.3 is 5.97 Å². The Bertz CT molecular complexity index is 1210. The van der Waals surface area contributed by atoms with Gasteiger partial charge in [0.15, 0.2) is 0 Å². The molecule has 2 N–H and O–H groups in total. The molecule has 1 aliphatic rings. The Kier molecular flexibility index (Phi) is 6.35. The number of esters is 1. The van der Waals surface area contributed by atoms with Crippen LogP contribution in [0.15, 0.2) is 54.7 Å². The maximum atomic E-state index is 12.5. The van der Waals surface area contributed by atoms with Crippen LogP contribution in [-0.2, 0) is 25.7 Å². The molecule has 164 valence electrons. The van der Waals surface area contributed by atoms with Crippen molar-refractivity contribution in [1.82, 2.24) is 9.88 Å². The molecule has 0 unspecified atom stereocenters. The fourth-order valence-corrected chi connectivity index (χ4v) is 3.86. The molecular formula is C25H25N3O4. The molecule has 3 aromatic rings. The van der Waals surface area contributed by atoms with Crippen LogP contribution in [-0.4, -0.2) is 35.5 Å². The quantitative estimate of drug-likeness (QED) is 0.324. The zero-order valence-corrected chi connectivity index (χ0v) is 17.9. The molecule has 0 saturated heterocycles. The lowest BCUT2D eigenvalue weighted by Crippen LogP contribution is -2.28. The molecule has 0 spiro atoms. The highest BCUT2D eigenvalue weighted by molar-refractivity contribution is 6.35. The van der Waals surface area contributed by atoms with Gasteiger partial charge in [0.2, 0.25) is 5.91 Å². The molecule has 0 aliphatic carbocycles. The molecule has 0 fully saturated rings. The van der Waals surface area contributed by atoms with E-state index in [4.69, 9.17) is 4.74 Å². The number of amides is 2. The molecular weight excluding hydrogens is 406 g/mol. The summed E-state index contributed by atoms with van der Waals surface area (Å²) in [6.45, 7) is 2.68. The van der Waals surface area contributed by atoms with Gasteiger partial charge in [-0.3, -0.25) is 14.4 Å². The summed E-state index contributed by atoms with van der Waals surface area (Å²) >= 11 is 0. The van der Waals surface area contributed by atoms with E-state index in [1.165, 1.54) is 0 Å². The Morgan fingerprint density at radius 2 is 1.91 bits per heavy atom. The van der Waals surface area contributed by atoms with E-state index in [-0.39, 0.29) is 30.7 Å². The van der Waals surface area contributed by atoms with E-state index < -0.39 is 0 Å². The molecule has 2 amide bonds. The average molecular weight is 431 g/mol. The van der Waals surface area contributed by atoms with Gasteiger partial charge in [-0.15, -0.1) is 0 Å². The van der Waals surface area contributed by atoms with Crippen molar-refractivity contribution in [2.75, 3.05) is 18.5 Å². The number of aromatic nitrogens is 1. The summed E-state index contributed by atoms with van der Waals surface area (Å²) in [6, 6.07) is 15.4. The molecule has 1 aromatic heterocycles. The zero-order chi connectivity index (χ0) is 22.5. The number of hydrogen-bond donors (Lipinski definition) is 2. The topological polar surface area (TPSA) is 89.4 Å². The van der Waals surface area contributed by atoms with Gasteiger partial charge in [-0.2, -0.15) is 0 Å². The van der Waals surface area contributed by atoms with Gasteiger partial charge in [0.25, 0.3) is 5.91 Å². The molecule has 1 aliphatic heterocycles. The van der Waals surface area contributed by atoms with E-state index in [9.17, 15) is 14.4 Å². The van der Waals surface area contributed by atoms with Crippen LogP contribution in [0.4, 0.5) is 5.69 Å². The number of benzene rings is 2. The molecule has 0 bridgehead atoms. The van der Waals surface area contributed by atoms with Gasteiger partial charge in [0, 0.05) is 52.5 Å². The van der Waals surface area contributed by atoms with E-state index in [0.717, 1.165) is 27.7 Å². The van der Waals surface area contributed by atoms with Crippen LogP contribution < -0.4 is 10.6 Å². The van der Waals surface area contributed by atoms with Crippen LogP contribution in [0.1, 0.15) is 30.9 Å². The summed E-state index contributed by atoms with van der Waals surface area (Å²) in [5, 5.41) is 6.70. The smallest absolute Gasteiger partial charge is 0.305 e. The highest BCUT2D eigenvalue weighted by atomic mass is 16.5. The van der Waals surface area contributed by atoms with Crippen molar-refractivity contribution in [2.24, 2.45) is 0 Å².